The molecule has 30 heavy (non-hydrogen) atoms. The van der Waals surface area contributed by atoms with Gasteiger partial charge in [-0.25, -0.2) is 0 Å². The molecule has 0 bridgehead atoms. The summed E-state index contributed by atoms with van der Waals surface area (Å²) in [5.41, 5.74) is 1.61. The lowest BCUT2D eigenvalue weighted by Gasteiger charge is -2.25. The number of benzene rings is 3. The second-order valence-electron chi connectivity index (χ2n) is 6.79. The lowest BCUT2D eigenvalue weighted by atomic mass is 9.95. The van der Waals surface area contributed by atoms with Crippen molar-refractivity contribution in [1.82, 2.24) is 0 Å². The molecule has 0 unspecified atom stereocenters. The Morgan fingerprint density at radius 1 is 0.967 bits per heavy atom. The highest BCUT2D eigenvalue weighted by molar-refractivity contribution is 6.51. The first-order valence-electron chi connectivity index (χ1n) is 9.27. The van der Waals surface area contributed by atoms with Gasteiger partial charge in [-0.3, -0.25) is 14.5 Å². The molecule has 1 heterocycles. The summed E-state index contributed by atoms with van der Waals surface area (Å²) < 4.78 is 5.22. The van der Waals surface area contributed by atoms with E-state index in [4.69, 9.17) is 16.3 Å². The van der Waals surface area contributed by atoms with E-state index in [1.807, 2.05) is 6.07 Å². The topological polar surface area (TPSA) is 66.8 Å². The number of ether oxygens (including phenoxy) is 1. The molecule has 1 N–H and O–H groups in total. The number of anilines is 1. The van der Waals surface area contributed by atoms with Gasteiger partial charge in [0.1, 0.15) is 11.5 Å². The normalized spacial score (nSPS) is 17.9. The van der Waals surface area contributed by atoms with Crippen LogP contribution in [0.1, 0.15) is 17.2 Å². The van der Waals surface area contributed by atoms with Gasteiger partial charge in [-0.2, -0.15) is 0 Å². The van der Waals surface area contributed by atoms with Gasteiger partial charge in [0.05, 0.1) is 18.7 Å². The van der Waals surface area contributed by atoms with Gasteiger partial charge in [0.25, 0.3) is 11.7 Å². The molecule has 1 saturated heterocycles. The van der Waals surface area contributed by atoms with Gasteiger partial charge in [-0.1, -0.05) is 60.1 Å². The van der Waals surface area contributed by atoms with Crippen molar-refractivity contribution in [1.29, 1.82) is 0 Å². The fourth-order valence-electron chi connectivity index (χ4n) is 3.58. The van der Waals surface area contributed by atoms with Gasteiger partial charge >= 0.3 is 0 Å². The summed E-state index contributed by atoms with van der Waals surface area (Å²) in [6.07, 6.45) is 0. The van der Waals surface area contributed by atoms with Gasteiger partial charge in [0.15, 0.2) is 0 Å². The van der Waals surface area contributed by atoms with E-state index in [9.17, 15) is 14.7 Å². The van der Waals surface area contributed by atoms with Crippen LogP contribution >= 0.6 is 11.6 Å². The molecule has 0 aromatic heterocycles. The molecule has 0 spiro atoms. The number of hydrogen-bond donors (Lipinski definition) is 1. The Kier molecular flexibility index (Phi) is 5.29. The van der Waals surface area contributed by atoms with Crippen LogP contribution in [0.5, 0.6) is 5.75 Å². The zero-order valence-electron chi connectivity index (χ0n) is 16.1. The Bertz CT molecular complexity index is 1140. The van der Waals surface area contributed by atoms with Gasteiger partial charge in [-0.15, -0.1) is 0 Å². The third-order valence-corrected chi connectivity index (χ3v) is 5.24. The van der Waals surface area contributed by atoms with Crippen molar-refractivity contribution in [2.24, 2.45) is 0 Å². The van der Waals surface area contributed by atoms with Crippen molar-refractivity contribution >= 4 is 34.7 Å². The Morgan fingerprint density at radius 3 is 2.30 bits per heavy atom. The number of nitrogens with zero attached hydrogens (tertiary/aromatic N) is 1. The largest absolute Gasteiger partial charge is 0.507 e. The third-order valence-electron chi connectivity index (χ3n) is 5.01. The molecule has 0 radical (unpaired) electrons. The van der Waals surface area contributed by atoms with Crippen LogP contribution in [0.2, 0.25) is 5.02 Å². The van der Waals surface area contributed by atoms with Crippen LogP contribution in [-0.2, 0) is 9.59 Å². The highest BCUT2D eigenvalue weighted by Crippen LogP contribution is 2.42. The fraction of sp³-hybridized carbons (Fsp3) is 0.0833. The van der Waals surface area contributed by atoms with E-state index in [0.717, 1.165) is 0 Å². The number of hydrogen-bond acceptors (Lipinski definition) is 4. The Hall–Kier alpha value is -3.57. The van der Waals surface area contributed by atoms with Crippen molar-refractivity contribution in [3.05, 3.63) is 101 Å². The lowest BCUT2D eigenvalue weighted by Crippen LogP contribution is -2.29. The van der Waals surface area contributed by atoms with Crippen molar-refractivity contribution < 1.29 is 19.4 Å². The maximum Gasteiger partial charge on any atom is 0.300 e. The summed E-state index contributed by atoms with van der Waals surface area (Å²) in [5.74, 6) is -1.06. The average molecular weight is 420 g/mol. The summed E-state index contributed by atoms with van der Waals surface area (Å²) >= 11 is 6.13. The van der Waals surface area contributed by atoms with Crippen molar-refractivity contribution in [3.8, 4) is 5.75 Å². The second kappa shape index (κ2) is 8.05. The van der Waals surface area contributed by atoms with Crippen molar-refractivity contribution in [3.63, 3.8) is 0 Å². The Morgan fingerprint density at radius 2 is 1.67 bits per heavy atom. The summed E-state index contributed by atoms with van der Waals surface area (Å²) in [7, 11) is 1.56. The first-order chi connectivity index (χ1) is 14.5. The molecule has 6 heteroatoms. The maximum atomic E-state index is 13.0. The Balaban J connectivity index is 1.94. The molecule has 1 atom stereocenters. The molecule has 3 aromatic carbocycles. The number of Topliss-reactive ketones (excluding diaryl/α,β-unsaturated/α-hetero) is 1. The number of rotatable bonds is 4. The minimum atomic E-state index is -0.811. The lowest BCUT2D eigenvalue weighted by molar-refractivity contribution is -0.132. The molecular formula is C24H18ClNO4. The molecule has 0 aliphatic carbocycles. The molecule has 1 amide bonds. The van der Waals surface area contributed by atoms with E-state index in [-0.39, 0.29) is 11.3 Å². The minimum absolute atomic E-state index is 0.0244. The standard InChI is InChI=1S/C24H18ClNO4/c1-30-19-12-10-15(11-13-19)21-20(22(27)16-6-3-2-4-7-16)23(28)24(29)26(21)18-9-5-8-17(25)14-18/h2-14,21,27H,1H3/b22-20+/t21-/m0/s1. The monoisotopic (exact) mass is 419 g/mol. The zero-order valence-corrected chi connectivity index (χ0v) is 16.8. The molecule has 4 rings (SSSR count). The SMILES string of the molecule is COc1ccc([C@H]2/C(=C(\O)c3ccccc3)C(=O)C(=O)N2c2cccc(Cl)c2)cc1. The molecule has 1 fully saturated rings. The van der Waals surface area contributed by atoms with Crippen LogP contribution < -0.4 is 9.64 Å². The van der Waals surface area contributed by atoms with Crippen LogP contribution in [0.4, 0.5) is 5.69 Å². The number of carbonyl (C=O) groups excluding carboxylic acids is 2. The van der Waals surface area contributed by atoms with Crippen LogP contribution in [0.3, 0.4) is 0 Å². The third kappa shape index (κ3) is 3.44. The van der Waals surface area contributed by atoms with Crippen LogP contribution in [0.15, 0.2) is 84.4 Å². The molecule has 5 nitrogen and oxygen atoms in total. The predicted molar refractivity (Wildman–Crippen MR) is 116 cm³/mol. The number of amides is 1. The number of carbonyl (C=O) groups is 2. The number of aliphatic hydroxyl groups is 1. The van der Waals surface area contributed by atoms with E-state index < -0.39 is 17.7 Å². The van der Waals surface area contributed by atoms with E-state index >= 15 is 0 Å². The summed E-state index contributed by atoms with van der Waals surface area (Å²) in [6.45, 7) is 0. The molecular weight excluding hydrogens is 402 g/mol. The van der Waals surface area contributed by atoms with Gasteiger partial charge in [-0.05, 0) is 35.9 Å². The molecule has 1 aliphatic heterocycles. The Labute approximate surface area is 178 Å². The fourth-order valence-corrected chi connectivity index (χ4v) is 3.76. The van der Waals surface area contributed by atoms with Gasteiger partial charge in [0.2, 0.25) is 0 Å². The van der Waals surface area contributed by atoms with Crippen LogP contribution in [-0.4, -0.2) is 23.9 Å². The summed E-state index contributed by atoms with van der Waals surface area (Å²) in [5, 5.41) is 11.4. The second-order valence-corrected chi connectivity index (χ2v) is 7.22. The van der Waals surface area contributed by atoms with Crippen LogP contribution in [0, 0.1) is 0 Å². The predicted octanol–water partition coefficient (Wildman–Crippen LogP) is 4.97. The van der Waals surface area contributed by atoms with E-state index in [2.05, 4.69) is 0 Å². The minimum Gasteiger partial charge on any atom is -0.507 e. The van der Waals surface area contributed by atoms with E-state index in [0.29, 0.717) is 27.6 Å². The quantitative estimate of drug-likeness (QED) is 0.368. The average Bonchev–Trinajstić information content (AvgIpc) is 3.04. The smallest absolute Gasteiger partial charge is 0.300 e. The van der Waals surface area contributed by atoms with E-state index in [1.165, 1.54) is 4.90 Å². The first kappa shape index (κ1) is 19.7. The number of aliphatic hydroxyl groups excluding tert-OH is 1. The highest BCUT2D eigenvalue weighted by atomic mass is 35.5. The highest BCUT2D eigenvalue weighted by Gasteiger charge is 2.47. The maximum absolute atomic E-state index is 13.0. The number of ketones is 1. The van der Waals surface area contributed by atoms with Gasteiger partial charge in [0, 0.05) is 16.3 Å². The molecule has 150 valence electrons. The van der Waals surface area contributed by atoms with Gasteiger partial charge < -0.3 is 9.84 Å². The number of methoxy groups -OCH3 is 1. The number of halogens is 1. The zero-order chi connectivity index (χ0) is 21.3. The summed E-state index contributed by atoms with van der Waals surface area (Å²) in [4.78, 5) is 27.4. The van der Waals surface area contributed by atoms with E-state index in [1.54, 1.807) is 79.9 Å². The molecule has 0 saturated carbocycles. The summed E-state index contributed by atoms with van der Waals surface area (Å²) in [6, 6.07) is 21.6. The van der Waals surface area contributed by atoms with Crippen molar-refractivity contribution in [2.45, 2.75) is 6.04 Å². The van der Waals surface area contributed by atoms with Crippen molar-refractivity contribution in [2.75, 3.05) is 12.0 Å². The molecule has 1 aliphatic rings. The first-order valence-corrected chi connectivity index (χ1v) is 9.65. The van der Waals surface area contributed by atoms with Crippen LogP contribution in [0.25, 0.3) is 5.76 Å². The molecule has 3 aromatic rings.